The Morgan fingerprint density at radius 3 is 2.32 bits per heavy atom. The summed E-state index contributed by atoms with van der Waals surface area (Å²) >= 11 is 1.38. The van der Waals surface area contributed by atoms with Crippen molar-refractivity contribution in [1.29, 1.82) is 0 Å². The van der Waals surface area contributed by atoms with Gasteiger partial charge in [0.1, 0.15) is 11.5 Å². The Morgan fingerprint density at radius 1 is 1.05 bits per heavy atom. The smallest absolute Gasteiger partial charge is 0.457 e. The summed E-state index contributed by atoms with van der Waals surface area (Å²) < 4.78 is 49.8. The van der Waals surface area contributed by atoms with Crippen molar-refractivity contribution in [3.05, 3.63) is 35.2 Å². The predicted molar refractivity (Wildman–Crippen MR) is 61.4 cm³/mol. The van der Waals surface area contributed by atoms with Crippen LogP contribution in [0.2, 0.25) is 0 Å². The maximum atomic E-state index is 11.9. The minimum atomic E-state index is -4.70. The standard InChI is InChI=1S/C11H8F3NO3S/c12-11(13,14)18-9-3-1-8(2-4-9)16-7-17-10-5-19-6-15-10/h1-6H,7H2. The van der Waals surface area contributed by atoms with E-state index in [0.717, 1.165) is 12.1 Å². The lowest BCUT2D eigenvalue weighted by Gasteiger charge is -2.10. The van der Waals surface area contributed by atoms with Gasteiger partial charge in [-0.25, -0.2) is 4.98 Å². The van der Waals surface area contributed by atoms with Gasteiger partial charge in [-0.3, -0.25) is 0 Å². The van der Waals surface area contributed by atoms with Crippen LogP contribution in [0.5, 0.6) is 17.4 Å². The summed E-state index contributed by atoms with van der Waals surface area (Å²) in [7, 11) is 0. The highest BCUT2D eigenvalue weighted by Crippen LogP contribution is 2.24. The molecule has 8 heteroatoms. The van der Waals surface area contributed by atoms with Gasteiger partial charge in [0.25, 0.3) is 0 Å². The molecule has 0 atom stereocenters. The summed E-state index contributed by atoms with van der Waals surface area (Å²) in [5, 5.41) is 1.70. The largest absolute Gasteiger partial charge is 0.573 e. The van der Waals surface area contributed by atoms with Crippen LogP contribution in [0.3, 0.4) is 0 Å². The van der Waals surface area contributed by atoms with Gasteiger partial charge >= 0.3 is 6.36 Å². The zero-order valence-electron chi connectivity index (χ0n) is 9.39. The average molecular weight is 291 g/mol. The van der Waals surface area contributed by atoms with Crippen molar-refractivity contribution in [2.24, 2.45) is 0 Å². The number of hydrogen-bond donors (Lipinski definition) is 0. The van der Waals surface area contributed by atoms with E-state index in [1.807, 2.05) is 0 Å². The van der Waals surface area contributed by atoms with Crippen LogP contribution in [0.25, 0.3) is 0 Å². The second-order valence-corrected chi connectivity index (χ2v) is 3.97. The fourth-order valence-corrected chi connectivity index (χ4v) is 1.64. The van der Waals surface area contributed by atoms with Crippen LogP contribution in [-0.4, -0.2) is 18.1 Å². The van der Waals surface area contributed by atoms with Gasteiger partial charge in [-0.1, -0.05) is 0 Å². The third-order valence-corrected chi connectivity index (χ3v) is 2.46. The van der Waals surface area contributed by atoms with Gasteiger partial charge in [-0.05, 0) is 24.3 Å². The molecule has 0 N–H and O–H groups in total. The first kappa shape index (κ1) is 13.5. The molecular formula is C11H8F3NO3S. The summed E-state index contributed by atoms with van der Waals surface area (Å²) in [6.45, 7) is -0.0802. The van der Waals surface area contributed by atoms with Crippen LogP contribution in [-0.2, 0) is 0 Å². The molecule has 0 aliphatic heterocycles. The molecule has 19 heavy (non-hydrogen) atoms. The molecule has 0 saturated carbocycles. The van der Waals surface area contributed by atoms with Crippen molar-refractivity contribution >= 4 is 11.3 Å². The normalized spacial score (nSPS) is 11.1. The predicted octanol–water partition coefficient (Wildman–Crippen LogP) is 3.46. The maximum absolute atomic E-state index is 11.9. The summed E-state index contributed by atoms with van der Waals surface area (Å²) in [5.41, 5.74) is 1.61. The quantitative estimate of drug-likeness (QED) is 0.791. The molecule has 0 fully saturated rings. The van der Waals surface area contributed by atoms with Crippen molar-refractivity contribution < 1.29 is 27.4 Å². The van der Waals surface area contributed by atoms with E-state index in [4.69, 9.17) is 9.47 Å². The van der Waals surface area contributed by atoms with E-state index in [2.05, 4.69) is 9.72 Å². The molecule has 0 saturated heterocycles. The first-order valence-electron chi connectivity index (χ1n) is 5.02. The van der Waals surface area contributed by atoms with Gasteiger partial charge in [-0.15, -0.1) is 24.5 Å². The molecule has 0 spiro atoms. The van der Waals surface area contributed by atoms with Crippen LogP contribution >= 0.6 is 11.3 Å². The van der Waals surface area contributed by atoms with Crippen LogP contribution in [0, 0.1) is 0 Å². The third-order valence-electron chi connectivity index (χ3n) is 1.90. The van der Waals surface area contributed by atoms with E-state index in [1.54, 1.807) is 10.9 Å². The van der Waals surface area contributed by atoms with E-state index >= 15 is 0 Å². The Morgan fingerprint density at radius 2 is 1.74 bits per heavy atom. The lowest BCUT2D eigenvalue weighted by Crippen LogP contribution is -2.17. The van der Waals surface area contributed by atoms with Gasteiger partial charge in [0, 0.05) is 0 Å². The summed E-state index contributed by atoms with van der Waals surface area (Å²) in [5.74, 6) is 0.493. The van der Waals surface area contributed by atoms with E-state index in [9.17, 15) is 13.2 Å². The number of thiazole rings is 1. The number of nitrogens with zero attached hydrogens (tertiary/aromatic N) is 1. The Kier molecular flexibility index (Phi) is 4.10. The van der Waals surface area contributed by atoms with Crippen molar-refractivity contribution in [3.63, 3.8) is 0 Å². The Bertz CT molecular complexity index is 499. The number of ether oxygens (including phenoxy) is 3. The fraction of sp³-hybridized carbons (Fsp3) is 0.182. The monoisotopic (exact) mass is 291 g/mol. The molecule has 1 heterocycles. The number of alkyl halides is 3. The van der Waals surface area contributed by atoms with Crippen molar-refractivity contribution in [2.45, 2.75) is 6.36 Å². The first-order chi connectivity index (χ1) is 9.03. The van der Waals surface area contributed by atoms with Crippen molar-refractivity contribution in [3.8, 4) is 17.4 Å². The average Bonchev–Trinajstić information content (AvgIpc) is 2.82. The molecule has 0 aliphatic rings. The van der Waals surface area contributed by atoms with E-state index in [1.165, 1.54) is 23.5 Å². The third kappa shape index (κ3) is 4.66. The number of aromatic nitrogens is 1. The minimum absolute atomic E-state index is 0.0802. The number of hydrogen-bond acceptors (Lipinski definition) is 5. The van der Waals surface area contributed by atoms with Gasteiger partial charge < -0.3 is 14.2 Å². The highest BCUT2D eigenvalue weighted by molar-refractivity contribution is 7.07. The molecule has 1 aromatic carbocycles. The number of benzene rings is 1. The Labute approximate surface area is 110 Å². The van der Waals surface area contributed by atoms with E-state index < -0.39 is 6.36 Å². The second-order valence-electron chi connectivity index (χ2n) is 3.25. The zero-order chi connectivity index (χ0) is 13.7. The lowest BCUT2D eigenvalue weighted by atomic mass is 10.3. The zero-order valence-corrected chi connectivity index (χ0v) is 10.2. The van der Waals surface area contributed by atoms with Crippen LogP contribution < -0.4 is 14.2 Å². The van der Waals surface area contributed by atoms with E-state index in [-0.39, 0.29) is 12.5 Å². The first-order valence-corrected chi connectivity index (χ1v) is 5.97. The van der Waals surface area contributed by atoms with Gasteiger partial charge in [0.2, 0.25) is 12.7 Å². The molecule has 102 valence electrons. The molecule has 0 radical (unpaired) electrons. The van der Waals surface area contributed by atoms with Gasteiger partial charge in [-0.2, -0.15) is 0 Å². The van der Waals surface area contributed by atoms with Crippen LogP contribution in [0.1, 0.15) is 0 Å². The van der Waals surface area contributed by atoms with Gasteiger partial charge in [0.05, 0.1) is 10.9 Å². The van der Waals surface area contributed by atoms with Crippen LogP contribution in [0.15, 0.2) is 35.2 Å². The van der Waals surface area contributed by atoms with Gasteiger partial charge in [0.15, 0.2) is 0 Å². The maximum Gasteiger partial charge on any atom is 0.573 e. The highest BCUT2D eigenvalue weighted by Gasteiger charge is 2.30. The number of rotatable bonds is 5. The summed E-state index contributed by atoms with van der Waals surface area (Å²) in [6.07, 6.45) is -4.70. The lowest BCUT2D eigenvalue weighted by molar-refractivity contribution is -0.274. The van der Waals surface area contributed by atoms with Crippen molar-refractivity contribution in [1.82, 2.24) is 4.98 Å². The molecule has 0 aliphatic carbocycles. The highest BCUT2D eigenvalue weighted by atomic mass is 32.1. The molecule has 2 rings (SSSR count). The summed E-state index contributed by atoms with van der Waals surface area (Å²) in [4.78, 5) is 3.87. The Balaban J connectivity index is 1.81. The fourth-order valence-electron chi connectivity index (χ4n) is 1.17. The molecule has 0 amide bonds. The van der Waals surface area contributed by atoms with Crippen molar-refractivity contribution in [2.75, 3.05) is 6.79 Å². The topological polar surface area (TPSA) is 40.6 Å². The molecule has 0 unspecified atom stereocenters. The molecule has 1 aromatic heterocycles. The molecular weight excluding hydrogens is 283 g/mol. The van der Waals surface area contributed by atoms with Crippen LogP contribution in [0.4, 0.5) is 13.2 Å². The number of halogens is 3. The molecule has 4 nitrogen and oxygen atoms in total. The second kappa shape index (κ2) is 5.79. The summed E-state index contributed by atoms with van der Waals surface area (Å²) in [6, 6.07) is 5.02. The minimum Gasteiger partial charge on any atom is -0.457 e. The molecule has 0 bridgehead atoms. The van der Waals surface area contributed by atoms with E-state index in [0.29, 0.717) is 11.6 Å². The SMILES string of the molecule is FC(F)(F)Oc1ccc(OCOc2cscn2)cc1. The Hall–Kier alpha value is -1.96. The molecule has 2 aromatic rings.